The summed E-state index contributed by atoms with van der Waals surface area (Å²) in [4.78, 5) is 2.24. The maximum Gasteiger partial charge on any atom is 0.201 e. The van der Waals surface area contributed by atoms with Crippen molar-refractivity contribution in [3.8, 4) is 17.0 Å². The normalized spacial score (nSPS) is 18.8. The van der Waals surface area contributed by atoms with Crippen molar-refractivity contribution in [1.82, 2.24) is 30.1 Å². The van der Waals surface area contributed by atoms with Crippen LogP contribution in [-0.2, 0) is 0 Å². The van der Waals surface area contributed by atoms with Gasteiger partial charge in [0.05, 0.1) is 11.6 Å². The van der Waals surface area contributed by atoms with Gasteiger partial charge in [0.2, 0.25) is 5.65 Å². The number of phenolic OH excluding ortho intramolecular Hbond substituents is 1. The fourth-order valence-corrected chi connectivity index (χ4v) is 3.47. The first-order valence-corrected chi connectivity index (χ1v) is 8.36. The van der Waals surface area contributed by atoms with Gasteiger partial charge in [-0.05, 0) is 44.6 Å². The summed E-state index contributed by atoms with van der Waals surface area (Å²) in [5.41, 5.74) is 1.20. The molecule has 0 radical (unpaired) electrons. The van der Waals surface area contributed by atoms with Crippen LogP contribution in [0.2, 0.25) is 5.02 Å². The van der Waals surface area contributed by atoms with Gasteiger partial charge in [-0.25, -0.2) is 9.07 Å². The minimum Gasteiger partial charge on any atom is -0.507 e. The smallest absolute Gasteiger partial charge is 0.201 e. The Kier molecular flexibility index (Phi) is 4.01. The van der Waals surface area contributed by atoms with Crippen LogP contribution in [0.25, 0.3) is 22.4 Å². The third-order valence-electron chi connectivity index (χ3n) is 4.46. The molecule has 1 fully saturated rings. The van der Waals surface area contributed by atoms with Crippen molar-refractivity contribution in [3.05, 3.63) is 29.0 Å². The van der Waals surface area contributed by atoms with Crippen LogP contribution >= 0.6 is 11.6 Å². The SMILES string of the molecule is CN1CCC[C@@H](n2nnc3cc(-c4c(O)cc(Cl)cc4F)nnc32)C1. The maximum absolute atomic E-state index is 14.2. The number of likely N-dealkylation sites (tertiary alicyclic amines) is 1. The molecule has 1 aliphatic rings. The number of benzene rings is 1. The fraction of sp³-hybridized carbons (Fsp3) is 0.375. The molecule has 0 spiro atoms. The van der Waals surface area contributed by atoms with E-state index < -0.39 is 5.82 Å². The van der Waals surface area contributed by atoms with Gasteiger partial charge in [0.25, 0.3) is 0 Å². The fourth-order valence-electron chi connectivity index (χ4n) is 3.27. The molecule has 0 saturated carbocycles. The number of nitrogens with zero attached hydrogens (tertiary/aromatic N) is 6. The molecule has 0 bridgehead atoms. The van der Waals surface area contributed by atoms with Crippen LogP contribution < -0.4 is 0 Å². The van der Waals surface area contributed by atoms with Gasteiger partial charge >= 0.3 is 0 Å². The largest absolute Gasteiger partial charge is 0.507 e. The zero-order chi connectivity index (χ0) is 17.6. The average molecular weight is 363 g/mol. The molecule has 3 heterocycles. The molecular formula is C16H16ClFN6O. The van der Waals surface area contributed by atoms with Gasteiger partial charge in [-0.2, -0.15) is 0 Å². The molecule has 2 aromatic heterocycles. The van der Waals surface area contributed by atoms with E-state index in [2.05, 4.69) is 32.5 Å². The summed E-state index contributed by atoms with van der Waals surface area (Å²) < 4.78 is 16.0. The molecule has 1 aliphatic heterocycles. The first-order valence-electron chi connectivity index (χ1n) is 7.98. The van der Waals surface area contributed by atoms with E-state index in [1.54, 1.807) is 10.7 Å². The molecule has 1 N–H and O–H groups in total. The first kappa shape index (κ1) is 16.2. The van der Waals surface area contributed by atoms with Gasteiger partial charge in [-0.15, -0.1) is 15.3 Å². The second-order valence-corrected chi connectivity index (χ2v) is 6.75. The number of fused-ring (bicyclic) bond motifs is 1. The number of hydrogen-bond donors (Lipinski definition) is 1. The summed E-state index contributed by atoms with van der Waals surface area (Å²) in [5.74, 6) is -0.958. The van der Waals surface area contributed by atoms with Crippen LogP contribution in [-0.4, -0.2) is 55.3 Å². The molecule has 9 heteroatoms. The molecule has 0 aliphatic carbocycles. The van der Waals surface area contributed by atoms with Gasteiger partial charge in [0.15, 0.2) is 0 Å². The topological polar surface area (TPSA) is 80.0 Å². The van der Waals surface area contributed by atoms with Crippen molar-refractivity contribution in [2.45, 2.75) is 18.9 Å². The second-order valence-electron chi connectivity index (χ2n) is 6.31. The van der Waals surface area contributed by atoms with Gasteiger partial charge < -0.3 is 10.0 Å². The Labute approximate surface area is 148 Å². The average Bonchev–Trinajstić information content (AvgIpc) is 2.97. The Balaban J connectivity index is 1.76. The molecule has 130 valence electrons. The van der Waals surface area contributed by atoms with Crippen LogP contribution in [0.4, 0.5) is 4.39 Å². The molecule has 1 saturated heterocycles. The van der Waals surface area contributed by atoms with E-state index in [0.29, 0.717) is 11.2 Å². The molecule has 0 amide bonds. The molecule has 7 nitrogen and oxygen atoms in total. The number of hydrogen-bond acceptors (Lipinski definition) is 6. The lowest BCUT2D eigenvalue weighted by atomic mass is 10.1. The van der Waals surface area contributed by atoms with Gasteiger partial charge in [-0.3, -0.25) is 0 Å². The number of likely N-dealkylation sites (N-methyl/N-ethyl adjacent to an activating group) is 1. The van der Waals surface area contributed by atoms with Crippen LogP contribution in [0.5, 0.6) is 5.75 Å². The predicted molar refractivity (Wildman–Crippen MR) is 91.0 cm³/mol. The standard InChI is InChI=1S/C16H16ClFN6O/c1-23-4-2-3-10(8-23)24-16-13(20-22-24)7-12(19-21-16)15-11(18)5-9(17)6-14(15)25/h5-7,10,25H,2-4,8H2,1H3/t10-/m1/s1. The van der Waals surface area contributed by atoms with E-state index in [-0.39, 0.29) is 28.1 Å². The van der Waals surface area contributed by atoms with Gasteiger partial charge in [0.1, 0.15) is 22.8 Å². The molecule has 0 unspecified atom stereocenters. The van der Waals surface area contributed by atoms with Crippen molar-refractivity contribution in [2.75, 3.05) is 20.1 Å². The number of aromatic hydroxyl groups is 1. The van der Waals surface area contributed by atoms with E-state index >= 15 is 0 Å². The monoisotopic (exact) mass is 362 g/mol. The zero-order valence-electron chi connectivity index (χ0n) is 13.5. The van der Waals surface area contributed by atoms with E-state index in [1.165, 1.54) is 6.07 Å². The highest BCUT2D eigenvalue weighted by Gasteiger charge is 2.23. The minimum atomic E-state index is -0.667. The van der Waals surface area contributed by atoms with Crippen molar-refractivity contribution < 1.29 is 9.50 Å². The van der Waals surface area contributed by atoms with E-state index in [9.17, 15) is 9.50 Å². The lowest BCUT2D eigenvalue weighted by molar-refractivity contribution is 0.203. The Morgan fingerprint density at radius 3 is 2.84 bits per heavy atom. The molecular weight excluding hydrogens is 347 g/mol. The van der Waals surface area contributed by atoms with Crippen molar-refractivity contribution in [1.29, 1.82) is 0 Å². The summed E-state index contributed by atoms with van der Waals surface area (Å²) in [6.07, 6.45) is 2.08. The summed E-state index contributed by atoms with van der Waals surface area (Å²) in [7, 11) is 2.07. The molecule has 1 aromatic carbocycles. The molecule has 25 heavy (non-hydrogen) atoms. The lowest BCUT2D eigenvalue weighted by Gasteiger charge is -2.29. The highest BCUT2D eigenvalue weighted by Crippen LogP contribution is 2.34. The summed E-state index contributed by atoms with van der Waals surface area (Å²) in [6, 6.07) is 4.15. The predicted octanol–water partition coefficient (Wildman–Crippen LogP) is 2.65. The first-order chi connectivity index (χ1) is 12.0. The van der Waals surface area contributed by atoms with Crippen LogP contribution in [0, 0.1) is 5.82 Å². The number of aromatic nitrogens is 5. The number of phenols is 1. The third kappa shape index (κ3) is 2.91. The van der Waals surface area contributed by atoms with E-state index in [4.69, 9.17) is 11.6 Å². The van der Waals surface area contributed by atoms with Crippen molar-refractivity contribution >= 4 is 22.8 Å². The van der Waals surface area contributed by atoms with E-state index in [1.807, 2.05) is 0 Å². The highest BCUT2D eigenvalue weighted by atomic mass is 35.5. The zero-order valence-corrected chi connectivity index (χ0v) is 14.3. The molecule has 1 atom stereocenters. The van der Waals surface area contributed by atoms with Crippen molar-refractivity contribution in [3.63, 3.8) is 0 Å². The number of piperidine rings is 1. The Bertz CT molecular complexity index is 923. The van der Waals surface area contributed by atoms with Crippen LogP contribution in [0.15, 0.2) is 18.2 Å². The quantitative estimate of drug-likeness (QED) is 0.755. The van der Waals surface area contributed by atoms with E-state index in [0.717, 1.165) is 32.0 Å². The Morgan fingerprint density at radius 2 is 2.08 bits per heavy atom. The summed E-state index contributed by atoms with van der Waals surface area (Å²) in [6.45, 7) is 1.93. The summed E-state index contributed by atoms with van der Waals surface area (Å²) in [5, 5.41) is 26.7. The van der Waals surface area contributed by atoms with Crippen LogP contribution in [0.1, 0.15) is 18.9 Å². The Morgan fingerprint density at radius 1 is 1.24 bits per heavy atom. The highest BCUT2D eigenvalue weighted by molar-refractivity contribution is 6.30. The van der Waals surface area contributed by atoms with Crippen LogP contribution in [0.3, 0.4) is 0 Å². The summed E-state index contributed by atoms with van der Waals surface area (Å²) >= 11 is 5.74. The number of halogens is 2. The maximum atomic E-state index is 14.2. The van der Waals surface area contributed by atoms with Gasteiger partial charge in [-0.1, -0.05) is 16.8 Å². The number of rotatable bonds is 2. The van der Waals surface area contributed by atoms with Crippen molar-refractivity contribution in [2.24, 2.45) is 0 Å². The molecule has 3 aromatic rings. The second kappa shape index (κ2) is 6.20. The third-order valence-corrected chi connectivity index (χ3v) is 4.67. The molecule has 4 rings (SSSR count). The van der Waals surface area contributed by atoms with Gasteiger partial charge in [0, 0.05) is 11.6 Å². The minimum absolute atomic E-state index is 0.0502. The Hall–Kier alpha value is -2.32. The lowest BCUT2D eigenvalue weighted by Crippen LogP contribution is -2.34.